The Morgan fingerprint density at radius 3 is 0.766 bits per heavy atom. The van der Waals surface area contributed by atoms with Crippen molar-refractivity contribution in [2.24, 2.45) is 0 Å². The summed E-state index contributed by atoms with van der Waals surface area (Å²) in [5.74, 6) is 0. The third-order valence-corrected chi connectivity index (χ3v) is 8.49. The van der Waals surface area contributed by atoms with Crippen LogP contribution in [0.25, 0.3) is 52.2 Å². The minimum atomic E-state index is 0. The van der Waals surface area contributed by atoms with Gasteiger partial charge < -0.3 is 28.2 Å². The van der Waals surface area contributed by atoms with Gasteiger partial charge in [-0.3, -0.25) is 0 Å². The summed E-state index contributed by atoms with van der Waals surface area (Å²) in [5.41, 5.74) is 7.23. The predicted molar refractivity (Wildman–Crippen MR) is 183 cm³/mol. The van der Waals surface area contributed by atoms with Gasteiger partial charge in [0.1, 0.15) is 0 Å². The Morgan fingerprint density at radius 1 is 0.362 bits per heavy atom. The number of para-hydroxylation sites is 4. The van der Waals surface area contributed by atoms with Crippen LogP contribution in [-0.2, 0) is 0 Å². The summed E-state index contributed by atoms with van der Waals surface area (Å²) >= 11 is 22.7. The molecule has 0 saturated heterocycles. The Hall–Kier alpha value is -2.30. The molecule has 7 aromatic rings. The molecule has 47 heavy (non-hydrogen) atoms. The second kappa shape index (κ2) is 23.9. The van der Waals surface area contributed by atoms with Crippen molar-refractivity contribution >= 4 is 134 Å². The molecule has 0 saturated carbocycles. The van der Waals surface area contributed by atoms with Crippen LogP contribution in [-0.4, -0.2) is 35.1 Å². The monoisotopic (exact) mass is 875 g/mol. The van der Waals surface area contributed by atoms with Gasteiger partial charge in [0.05, 0.1) is 10.7 Å². The van der Waals surface area contributed by atoms with E-state index in [0.29, 0.717) is 0 Å². The first kappa shape index (κ1) is 49.1. The molecule has 2 aromatic heterocycles. The van der Waals surface area contributed by atoms with Gasteiger partial charge in [-0.25, -0.2) is 0 Å². The fourth-order valence-corrected chi connectivity index (χ4v) is 6.83. The maximum Gasteiger partial charge on any atom is 5.00 e. The maximum atomic E-state index is 4.76. The third kappa shape index (κ3) is 10.8. The smallest absolute Gasteiger partial charge is 1.00 e. The fourth-order valence-electron chi connectivity index (χ4n) is 4.72. The van der Waals surface area contributed by atoms with Gasteiger partial charge in [0.15, 0.2) is 0 Å². The van der Waals surface area contributed by atoms with E-state index in [4.69, 9.17) is 46.4 Å². The van der Waals surface area contributed by atoms with Crippen molar-refractivity contribution in [2.75, 3.05) is 10.7 Å². The topological polar surface area (TPSA) is 7.76 Å². The van der Waals surface area contributed by atoms with Gasteiger partial charge in [0.25, 0.3) is 22.1 Å². The Labute approximate surface area is 312 Å². The van der Waals surface area contributed by atoms with Gasteiger partial charge in [-0.05, 0) is 0 Å². The molecule has 5 aromatic carbocycles. The van der Waals surface area contributed by atoms with E-state index < -0.39 is 0 Å². The van der Waals surface area contributed by atoms with Gasteiger partial charge in [0.2, 0.25) is 34.0 Å². The summed E-state index contributed by atoms with van der Waals surface area (Å²) in [6.07, 6.45) is 0. The average Bonchev–Trinajstić information content (AvgIpc) is 2.99. The molecular formula is C32H24Cl4F6N2S2Sb+3. The first-order valence-corrected chi connectivity index (χ1v) is 16.1. The minimum Gasteiger partial charge on any atom is -1.00 e. The Balaban J connectivity index is -0.00000139. The summed E-state index contributed by atoms with van der Waals surface area (Å²) in [5, 5.41) is 0.389. The van der Waals surface area contributed by atoms with Gasteiger partial charge in [-0.2, -0.15) is 0 Å². The molecule has 0 N–H and O–H groups in total. The summed E-state index contributed by atoms with van der Waals surface area (Å²) in [7, 11) is 0. The predicted octanol–water partition coefficient (Wildman–Crippen LogP) is -7.98. The molecule has 0 radical (unpaired) electrons. The van der Waals surface area contributed by atoms with E-state index in [1.807, 2.05) is 22.7 Å². The van der Waals surface area contributed by atoms with E-state index in [9.17, 15) is 0 Å². The van der Waals surface area contributed by atoms with Gasteiger partial charge >= 0.3 is 43.2 Å². The van der Waals surface area contributed by atoms with Crippen molar-refractivity contribution in [2.45, 2.75) is 0 Å². The molecule has 246 valence electrons. The summed E-state index contributed by atoms with van der Waals surface area (Å²) in [6, 6.07) is 43.6. The summed E-state index contributed by atoms with van der Waals surface area (Å²) in [4.78, 5) is 0. The van der Waals surface area contributed by atoms with E-state index >= 15 is 0 Å². The molecule has 0 aliphatic carbocycles. The Morgan fingerprint density at radius 2 is 0.553 bits per heavy atom. The second-order valence-electron chi connectivity index (χ2n) is 8.46. The van der Waals surface area contributed by atoms with Gasteiger partial charge in [0, 0.05) is 72.8 Å². The van der Waals surface area contributed by atoms with Crippen LogP contribution in [0.15, 0.2) is 121 Å². The van der Waals surface area contributed by atoms with Crippen LogP contribution in [0.5, 0.6) is 0 Å². The van der Waals surface area contributed by atoms with Crippen LogP contribution < -0.4 is 37.4 Å². The molecule has 0 atom stereocenters. The number of aromatic nitrogens is 2. The number of halogens is 10. The van der Waals surface area contributed by atoms with Crippen molar-refractivity contribution in [3.05, 3.63) is 121 Å². The van der Waals surface area contributed by atoms with Crippen molar-refractivity contribution in [1.82, 2.24) is 0 Å². The third-order valence-electron chi connectivity index (χ3n) is 6.23. The molecule has 15 heteroatoms. The van der Waals surface area contributed by atoms with Crippen molar-refractivity contribution < 1.29 is 37.4 Å². The first-order valence-electron chi connectivity index (χ1n) is 12.4. The molecule has 2 heterocycles. The first-order chi connectivity index (χ1) is 19.7. The van der Waals surface area contributed by atoms with Crippen molar-refractivity contribution in [1.29, 1.82) is 0 Å². The van der Waals surface area contributed by atoms with Crippen molar-refractivity contribution in [3.63, 3.8) is 0 Å². The number of rotatable bonds is 2. The van der Waals surface area contributed by atoms with Crippen LogP contribution in [0.1, 0.15) is 0 Å². The van der Waals surface area contributed by atoms with E-state index in [2.05, 4.69) is 130 Å². The van der Waals surface area contributed by atoms with Crippen molar-refractivity contribution in [3.8, 4) is 11.4 Å². The van der Waals surface area contributed by atoms with Crippen LogP contribution >= 0.6 is 69.1 Å². The Kier molecular flexibility index (Phi) is 25.0. The average molecular weight is 878 g/mol. The molecule has 0 unspecified atom stereocenters. The molecule has 0 aliphatic rings. The van der Waals surface area contributed by atoms with Gasteiger partial charge in [-0.1, -0.05) is 48.5 Å². The zero-order valence-corrected chi connectivity index (χ0v) is 31.1. The summed E-state index contributed by atoms with van der Waals surface area (Å²) < 4.78 is 9.86. The molecule has 0 aliphatic heterocycles. The zero-order chi connectivity index (χ0) is 27.9. The number of benzene rings is 5. The molecular weight excluding hydrogens is 854 g/mol. The largest absolute Gasteiger partial charge is 5.00 e. The van der Waals surface area contributed by atoms with E-state index in [1.165, 1.54) is 40.9 Å². The zero-order valence-electron chi connectivity index (χ0n) is 23.9. The number of alkyl halides is 4. The number of fused-ring (bicyclic) bond motifs is 4. The number of nitrogens with zero attached hydrogens (tertiary/aromatic N) is 2. The normalized spacial score (nSPS) is 9.11. The van der Waals surface area contributed by atoms with Crippen LogP contribution in [0.3, 0.4) is 0 Å². The number of hydrogen-bond donors (Lipinski definition) is 0. The molecule has 7 rings (SSSR count). The molecule has 0 amide bonds. The minimum absolute atomic E-state index is 0. The molecule has 2 nitrogen and oxygen atoms in total. The quantitative estimate of drug-likeness (QED) is 0.0408. The molecule has 0 fully saturated rings. The number of hydrogen-bond acceptors (Lipinski definition) is 0. The van der Waals surface area contributed by atoms with E-state index in [-0.39, 0.29) is 63.3 Å². The second-order valence-corrected chi connectivity index (χ2v) is 12.2. The Bertz CT molecular complexity index is 1700. The van der Waals surface area contributed by atoms with Crippen LogP contribution in [0.2, 0.25) is 0 Å². The summed E-state index contributed by atoms with van der Waals surface area (Å²) in [6.45, 7) is 0. The van der Waals surface area contributed by atoms with Gasteiger partial charge in [-0.15, -0.1) is 55.5 Å². The van der Waals surface area contributed by atoms with E-state index in [0.717, 1.165) is 11.4 Å². The van der Waals surface area contributed by atoms with Crippen LogP contribution in [0, 0.1) is 0 Å². The standard InChI is InChI=1S/C30H20N2S2.2CH2Cl2.6FH.Sb/c1-5-13-27-23(9-1)31(24-10-2-6-14-28(24)33-27)21-17-19-22(20-18-21)32-25-11-3-7-15-29(25)34-30-16-8-4-12-26(30)32;2*2-1-3;;;;;;;/h1-20H;2*1H2;6*1H;/q+4;;;;;;;;;+5/p-6. The SMILES string of the molecule is ClCCl.ClCCl.[F-].[F-].[F-].[F-].[F-].[F-].[Sb+5].c1ccc2c(c1)[s+]c1ccccc1[n+]2-c1ccc(-[n+]2c3ccccc3[s+]c3ccccc32)cc1. The fraction of sp³-hybridized carbons (Fsp3) is 0.0625. The molecule has 0 bridgehead atoms. The van der Waals surface area contributed by atoms with Crippen LogP contribution in [0.4, 0.5) is 0 Å². The maximum absolute atomic E-state index is 4.76. The molecule has 0 spiro atoms. The van der Waals surface area contributed by atoms with E-state index in [1.54, 1.807) is 0 Å².